The van der Waals surface area contributed by atoms with Crippen molar-refractivity contribution in [3.05, 3.63) is 90.0 Å². The molecule has 0 unspecified atom stereocenters. The van der Waals surface area contributed by atoms with Gasteiger partial charge in [-0.15, -0.1) is 0 Å². The highest BCUT2D eigenvalue weighted by Gasteiger charge is 2.11. The second kappa shape index (κ2) is 11.4. The maximum Gasteiger partial charge on any atom is 0.343 e. The molecular weight excluding hydrogens is 396 g/mol. The van der Waals surface area contributed by atoms with Crippen molar-refractivity contribution in [1.82, 2.24) is 0 Å². The molecule has 0 aromatic heterocycles. The predicted molar refractivity (Wildman–Crippen MR) is 116 cm³/mol. The van der Waals surface area contributed by atoms with Crippen molar-refractivity contribution < 1.29 is 28.5 Å². The quantitative estimate of drug-likeness (QED) is 0.263. The van der Waals surface area contributed by atoms with Gasteiger partial charge in [0.1, 0.15) is 30.5 Å². The summed E-state index contributed by atoms with van der Waals surface area (Å²) in [4.78, 5) is 24.3. The Balaban J connectivity index is 1.50. The van der Waals surface area contributed by atoms with Crippen LogP contribution in [-0.4, -0.2) is 31.8 Å². The molecule has 3 rings (SSSR count). The molecule has 0 saturated heterocycles. The first kappa shape index (κ1) is 21.9. The van der Waals surface area contributed by atoms with Crippen molar-refractivity contribution in [2.24, 2.45) is 0 Å². The van der Waals surface area contributed by atoms with Crippen molar-refractivity contribution in [2.45, 2.75) is 13.3 Å². The first-order valence-electron chi connectivity index (χ1n) is 10.1. The monoisotopic (exact) mass is 420 g/mol. The summed E-state index contributed by atoms with van der Waals surface area (Å²) in [7, 11) is 0. The second-order valence-electron chi connectivity index (χ2n) is 6.59. The third-order valence-corrected chi connectivity index (χ3v) is 4.17. The summed E-state index contributed by atoms with van der Waals surface area (Å²) in [5.41, 5.74) is 0.759. The molecular formula is C25H24O6. The van der Waals surface area contributed by atoms with Crippen LogP contribution >= 0.6 is 0 Å². The Kier molecular flexibility index (Phi) is 8.05. The summed E-state index contributed by atoms with van der Waals surface area (Å²) in [6.07, 6.45) is 0.754. The van der Waals surface area contributed by atoms with Gasteiger partial charge in [0, 0.05) is 0 Å². The number of carbonyl (C=O) groups excluding carboxylic acids is 2. The van der Waals surface area contributed by atoms with E-state index < -0.39 is 11.9 Å². The van der Waals surface area contributed by atoms with Gasteiger partial charge >= 0.3 is 11.9 Å². The van der Waals surface area contributed by atoms with Gasteiger partial charge in [-0.25, -0.2) is 9.59 Å². The van der Waals surface area contributed by atoms with E-state index in [4.69, 9.17) is 18.9 Å². The fraction of sp³-hybridized carbons (Fsp3) is 0.200. The van der Waals surface area contributed by atoms with Crippen molar-refractivity contribution in [1.29, 1.82) is 0 Å². The van der Waals surface area contributed by atoms with E-state index in [2.05, 4.69) is 0 Å². The predicted octanol–water partition coefficient (Wildman–Crippen LogP) is 4.93. The molecule has 0 fully saturated rings. The van der Waals surface area contributed by atoms with E-state index in [0.717, 1.165) is 12.2 Å². The minimum Gasteiger partial charge on any atom is -0.490 e. The van der Waals surface area contributed by atoms with Crippen molar-refractivity contribution >= 4 is 11.9 Å². The number of rotatable bonds is 10. The molecule has 0 radical (unpaired) electrons. The molecule has 0 N–H and O–H groups in total. The Labute approximate surface area is 181 Å². The van der Waals surface area contributed by atoms with Gasteiger partial charge in [-0.3, -0.25) is 0 Å². The average molecular weight is 420 g/mol. The van der Waals surface area contributed by atoms with E-state index in [1.54, 1.807) is 48.5 Å². The standard InChI is InChI=1S/C25H24O6/c1-2-15-30-24(26)19-11-13-22(14-12-19)31-25(27)20-7-6-10-23(18-20)29-17-16-28-21-8-4-3-5-9-21/h3-14,18H,2,15-17H2,1H3. The first-order chi connectivity index (χ1) is 15.2. The van der Waals surface area contributed by atoms with Gasteiger partial charge in [0.15, 0.2) is 0 Å². The Morgan fingerprint density at radius 2 is 1.32 bits per heavy atom. The maximum absolute atomic E-state index is 12.4. The van der Waals surface area contributed by atoms with E-state index in [9.17, 15) is 9.59 Å². The maximum atomic E-state index is 12.4. The summed E-state index contributed by atoms with van der Waals surface area (Å²) in [5.74, 6) is 0.723. The molecule has 0 bridgehead atoms. The van der Waals surface area contributed by atoms with Crippen LogP contribution in [0.25, 0.3) is 0 Å². The molecule has 3 aromatic rings. The van der Waals surface area contributed by atoms with Gasteiger partial charge in [-0.05, 0) is 61.0 Å². The molecule has 6 nitrogen and oxygen atoms in total. The van der Waals surface area contributed by atoms with E-state index in [1.807, 2.05) is 37.3 Å². The molecule has 0 amide bonds. The average Bonchev–Trinajstić information content (AvgIpc) is 2.81. The highest BCUT2D eigenvalue weighted by molar-refractivity contribution is 5.92. The molecule has 0 heterocycles. The van der Waals surface area contributed by atoms with Gasteiger partial charge in [0.2, 0.25) is 0 Å². The van der Waals surface area contributed by atoms with Crippen LogP contribution in [-0.2, 0) is 4.74 Å². The number of hydrogen-bond donors (Lipinski definition) is 0. The lowest BCUT2D eigenvalue weighted by Gasteiger charge is -2.10. The molecule has 160 valence electrons. The number of hydrogen-bond acceptors (Lipinski definition) is 6. The number of para-hydroxylation sites is 1. The van der Waals surface area contributed by atoms with Gasteiger partial charge in [0.05, 0.1) is 17.7 Å². The summed E-state index contributed by atoms with van der Waals surface area (Å²) in [6, 6.07) is 22.4. The zero-order valence-electron chi connectivity index (χ0n) is 17.3. The number of ether oxygens (including phenoxy) is 4. The minimum absolute atomic E-state index is 0.333. The van der Waals surface area contributed by atoms with Crippen molar-refractivity contribution in [3.8, 4) is 17.2 Å². The van der Waals surface area contributed by atoms with Crippen LogP contribution in [0, 0.1) is 0 Å². The van der Waals surface area contributed by atoms with Gasteiger partial charge < -0.3 is 18.9 Å². The lowest BCUT2D eigenvalue weighted by Crippen LogP contribution is -2.11. The van der Waals surface area contributed by atoms with E-state index in [1.165, 1.54) is 0 Å². The van der Waals surface area contributed by atoms with Crippen molar-refractivity contribution in [2.75, 3.05) is 19.8 Å². The van der Waals surface area contributed by atoms with Crippen LogP contribution < -0.4 is 14.2 Å². The van der Waals surface area contributed by atoms with Crippen LogP contribution in [0.15, 0.2) is 78.9 Å². The van der Waals surface area contributed by atoms with Gasteiger partial charge in [0.25, 0.3) is 0 Å². The van der Waals surface area contributed by atoms with Crippen LogP contribution in [0.5, 0.6) is 17.2 Å². The third-order valence-electron chi connectivity index (χ3n) is 4.17. The molecule has 0 aliphatic heterocycles. The second-order valence-corrected chi connectivity index (χ2v) is 6.59. The van der Waals surface area contributed by atoms with E-state index >= 15 is 0 Å². The molecule has 0 spiro atoms. The lowest BCUT2D eigenvalue weighted by atomic mass is 10.2. The Morgan fingerprint density at radius 3 is 2.03 bits per heavy atom. The van der Waals surface area contributed by atoms with Crippen LogP contribution in [0.4, 0.5) is 0 Å². The zero-order chi connectivity index (χ0) is 21.9. The molecule has 0 aliphatic rings. The van der Waals surface area contributed by atoms with Crippen LogP contribution in [0.3, 0.4) is 0 Å². The third kappa shape index (κ3) is 6.89. The molecule has 0 saturated carbocycles. The molecule has 3 aromatic carbocycles. The Morgan fingerprint density at radius 1 is 0.645 bits per heavy atom. The van der Waals surface area contributed by atoms with Gasteiger partial charge in [-0.1, -0.05) is 31.2 Å². The topological polar surface area (TPSA) is 71.1 Å². The molecule has 0 aliphatic carbocycles. The van der Waals surface area contributed by atoms with E-state index in [-0.39, 0.29) is 0 Å². The largest absolute Gasteiger partial charge is 0.490 e. The zero-order valence-corrected chi connectivity index (χ0v) is 17.3. The van der Waals surface area contributed by atoms with Gasteiger partial charge in [-0.2, -0.15) is 0 Å². The smallest absolute Gasteiger partial charge is 0.343 e. The SMILES string of the molecule is CCCOC(=O)c1ccc(OC(=O)c2cccc(OCCOc3ccccc3)c2)cc1. The fourth-order valence-electron chi connectivity index (χ4n) is 2.65. The summed E-state index contributed by atoms with van der Waals surface area (Å²) in [5, 5.41) is 0. The molecule has 0 atom stereocenters. The highest BCUT2D eigenvalue weighted by atomic mass is 16.5. The normalized spacial score (nSPS) is 10.2. The Hall–Kier alpha value is -3.80. The van der Waals surface area contributed by atoms with Crippen LogP contribution in [0.1, 0.15) is 34.1 Å². The summed E-state index contributed by atoms with van der Waals surface area (Å²) >= 11 is 0. The number of carbonyl (C=O) groups is 2. The number of esters is 2. The molecule has 6 heteroatoms. The van der Waals surface area contributed by atoms with E-state index in [0.29, 0.717) is 42.4 Å². The Bertz CT molecular complexity index is 982. The summed E-state index contributed by atoms with van der Waals surface area (Å²) in [6.45, 7) is 3.01. The highest BCUT2D eigenvalue weighted by Crippen LogP contribution is 2.18. The fourth-order valence-corrected chi connectivity index (χ4v) is 2.65. The molecule has 31 heavy (non-hydrogen) atoms. The first-order valence-corrected chi connectivity index (χ1v) is 10.1. The minimum atomic E-state index is -0.521. The summed E-state index contributed by atoms with van der Waals surface area (Å²) < 4.78 is 21.7. The van der Waals surface area contributed by atoms with Crippen LogP contribution in [0.2, 0.25) is 0 Å². The van der Waals surface area contributed by atoms with Crippen molar-refractivity contribution in [3.63, 3.8) is 0 Å². The lowest BCUT2D eigenvalue weighted by molar-refractivity contribution is 0.0505. The number of benzene rings is 3.